The van der Waals surface area contributed by atoms with Crippen molar-refractivity contribution in [3.63, 3.8) is 0 Å². The van der Waals surface area contributed by atoms with E-state index in [0.29, 0.717) is 0 Å². The second-order valence-corrected chi connectivity index (χ2v) is 7.41. The highest BCUT2D eigenvalue weighted by atomic mass is 32.2. The summed E-state index contributed by atoms with van der Waals surface area (Å²) in [7, 11) is -4.29. The van der Waals surface area contributed by atoms with Gasteiger partial charge in [0, 0.05) is 38.6 Å². The first kappa shape index (κ1) is 17.5. The summed E-state index contributed by atoms with van der Waals surface area (Å²) in [6.07, 6.45) is 3.21. The Balaban J connectivity index is 1.68. The molecule has 0 unspecified atom stereocenters. The maximum Gasteiger partial charge on any atom is 0.249 e. The zero-order chi connectivity index (χ0) is 18.0. The Morgan fingerprint density at radius 3 is 2.28 bits per heavy atom. The summed E-state index contributed by atoms with van der Waals surface area (Å²) in [5.74, 6) is -2.45. The normalized spacial score (nSPS) is 16.2. The van der Waals surface area contributed by atoms with E-state index < -0.39 is 26.6 Å². The molecule has 0 atom stereocenters. The van der Waals surface area contributed by atoms with Crippen molar-refractivity contribution in [2.45, 2.75) is 11.4 Å². The van der Waals surface area contributed by atoms with E-state index in [-0.39, 0.29) is 38.6 Å². The largest absolute Gasteiger partial charge is 0.338 e. The number of rotatable bonds is 4. The van der Waals surface area contributed by atoms with Gasteiger partial charge in [-0.2, -0.15) is 9.40 Å². The number of carbonyl (C=O) groups excluding carboxylic acids is 1. The van der Waals surface area contributed by atoms with Crippen molar-refractivity contribution in [2.24, 2.45) is 0 Å². The molecular weight excluding hydrogens is 354 g/mol. The van der Waals surface area contributed by atoms with Crippen LogP contribution in [0.4, 0.5) is 8.78 Å². The molecule has 2 heterocycles. The number of amides is 1. The molecule has 0 radical (unpaired) electrons. The standard InChI is InChI=1S/C15H16F2N4O3S/c16-12-3-1-4-13(17)15(12)25(23,24)21-9-7-19(8-10-21)14(22)11-20-6-2-5-18-20/h1-6H,7-11H2. The van der Waals surface area contributed by atoms with Crippen molar-refractivity contribution in [1.82, 2.24) is 19.0 Å². The third-order valence-electron chi connectivity index (χ3n) is 3.96. The summed E-state index contributed by atoms with van der Waals surface area (Å²) in [5, 5.41) is 3.94. The second-order valence-electron chi connectivity index (χ2n) is 5.54. The van der Waals surface area contributed by atoms with Crippen molar-refractivity contribution in [2.75, 3.05) is 26.2 Å². The van der Waals surface area contributed by atoms with Crippen molar-refractivity contribution >= 4 is 15.9 Å². The van der Waals surface area contributed by atoms with E-state index in [1.54, 1.807) is 18.5 Å². The monoisotopic (exact) mass is 370 g/mol. The van der Waals surface area contributed by atoms with Crippen molar-refractivity contribution < 1.29 is 22.0 Å². The number of carbonyl (C=O) groups is 1. The summed E-state index contributed by atoms with van der Waals surface area (Å²) in [6, 6.07) is 4.61. The molecule has 25 heavy (non-hydrogen) atoms. The SMILES string of the molecule is O=C(Cn1cccn1)N1CCN(S(=O)(=O)c2c(F)cccc2F)CC1. The molecule has 1 aromatic carbocycles. The topological polar surface area (TPSA) is 75.5 Å². The van der Waals surface area contributed by atoms with Crippen LogP contribution in [-0.2, 0) is 21.4 Å². The first-order valence-corrected chi connectivity index (χ1v) is 9.03. The van der Waals surface area contributed by atoms with E-state index in [1.165, 1.54) is 9.58 Å². The third kappa shape index (κ3) is 3.54. The lowest BCUT2D eigenvalue weighted by Crippen LogP contribution is -2.51. The maximum absolute atomic E-state index is 13.8. The quantitative estimate of drug-likeness (QED) is 0.794. The third-order valence-corrected chi connectivity index (χ3v) is 5.92. The van der Waals surface area contributed by atoms with Gasteiger partial charge in [-0.3, -0.25) is 9.48 Å². The minimum Gasteiger partial charge on any atom is -0.338 e. The van der Waals surface area contributed by atoms with Crippen LogP contribution >= 0.6 is 0 Å². The Bertz CT molecular complexity index is 843. The molecule has 10 heteroatoms. The predicted octanol–water partition coefficient (Wildman–Crippen LogP) is 0.694. The Hall–Kier alpha value is -2.33. The first-order valence-electron chi connectivity index (χ1n) is 7.59. The molecule has 1 aliphatic rings. The molecule has 1 aromatic heterocycles. The van der Waals surface area contributed by atoms with Gasteiger partial charge in [0.25, 0.3) is 0 Å². The van der Waals surface area contributed by atoms with Crippen molar-refractivity contribution in [1.29, 1.82) is 0 Å². The number of nitrogens with zero attached hydrogens (tertiary/aromatic N) is 4. The smallest absolute Gasteiger partial charge is 0.249 e. The molecule has 134 valence electrons. The Morgan fingerprint density at radius 1 is 1.08 bits per heavy atom. The Kier molecular flexibility index (Phi) is 4.82. The number of hydrogen-bond acceptors (Lipinski definition) is 4. The minimum absolute atomic E-state index is 0.0268. The fourth-order valence-corrected chi connectivity index (χ4v) is 4.20. The van der Waals surface area contributed by atoms with Gasteiger partial charge in [0.05, 0.1) is 0 Å². The van der Waals surface area contributed by atoms with Crippen LogP contribution in [0.5, 0.6) is 0 Å². The van der Waals surface area contributed by atoms with Gasteiger partial charge in [0.2, 0.25) is 15.9 Å². The van der Waals surface area contributed by atoms with Gasteiger partial charge in [-0.15, -0.1) is 0 Å². The van der Waals surface area contributed by atoms with E-state index in [1.807, 2.05) is 0 Å². The second kappa shape index (κ2) is 6.89. The van der Waals surface area contributed by atoms with E-state index in [2.05, 4.69) is 5.10 Å². The van der Waals surface area contributed by atoms with Gasteiger partial charge in [-0.1, -0.05) is 6.07 Å². The molecule has 0 bridgehead atoms. The van der Waals surface area contributed by atoms with Gasteiger partial charge in [-0.05, 0) is 18.2 Å². The van der Waals surface area contributed by atoms with Gasteiger partial charge in [0.1, 0.15) is 18.2 Å². The van der Waals surface area contributed by atoms with Crippen molar-refractivity contribution in [3.05, 3.63) is 48.3 Å². The zero-order valence-corrected chi connectivity index (χ0v) is 14.0. The van der Waals surface area contributed by atoms with Gasteiger partial charge < -0.3 is 4.90 Å². The summed E-state index contributed by atoms with van der Waals surface area (Å²) >= 11 is 0. The zero-order valence-electron chi connectivity index (χ0n) is 13.2. The van der Waals surface area contributed by atoms with Crippen LogP contribution < -0.4 is 0 Å². The van der Waals surface area contributed by atoms with Crippen LogP contribution in [0.15, 0.2) is 41.6 Å². The number of piperazine rings is 1. The maximum atomic E-state index is 13.8. The van der Waals surface area contributed by atoms with Gasteiger partial charge >= 0.3 is 0 Å². The number of benzene rings is 1. The molecule has 1 fully saturated rings. The van der Waals surface area contributed by atoms with Crippen LogP contribution in [-0.4, -0.2) is 59.5 Å². The molecule has 1 aliphatic heterocycles. The number of aromatic nitrogens is 2. The average molecular weight is 370 g/mol. The average Bonchev–Trinajstić information content (AvgIpc) is 3.07. The molecule has 0 saturated carbocycles. The lowest BCUT2D eigenvalue weighted by molar-refractivity contribution is -0.133. The highest BCUT2D eigenvalue weighted by Gasteiger charge is 2.34. The fourth-order valence-electron chi connectivity index (χ4n) is 2.67. The minimum atomic E-state index is -4.29. The van der Waals surface area contributed by atoms with E-state index in [9.17, 15) is 22.0 Å². The summed E-state index contributed by atoms with van der Waals surface area (Å²) < 4.78 is 55.0. The Labute approximate surface area is 143 Å². The fraction of sp³-hybridized carbons (Fsp3) is 0.333. The number of halogens is 2. The highest BCUT2D eigenvalue weighted by molar-refractivity contribution is 7.89. The number of hydrogen-bond donors (Lipinski definition) is 0. The van der Waals surface area contributed by atoms with E-state index in [4.69, 9.17) is 0 Å². The first-order chi connectivity index (χ1) is 11.9. The lowest BCUT2D eigenvalue weighted by Gasteiger charge is -2.34. The lowest BCUT2D eigenvalue weighted by atomic mass is 10.3. The molecule has 3 rings (SSSR count). The molecule has 1 saturated heterocycles. The van der Waals surface area contributed by atoms with Crippen LogP contribution in [0.1, 0.15) is 0 Å². The predicted molar refractivity (Wildman–Crippen MR) is 83.9 cm³/mol. The van der Waals surface area contributed by atoms with Crippen LogP contribution in [0.3, 0.4) is 0 Å². The van der Waals surface area contributed by atoms with Crippen LogP contribution in [0.25, 0.3) is 0 Å². The van der Waals surface area contributed by atoms with Gasteiger partial charge in [0.15, 0.2) is 4.90 Å². The molecule has 0 spiro atoms. The summed E-state index contributed by atoms with van der Waals surface area (Å²) in [6.45, 7) is 0.300. The molecule has 0 N–H and O–H groups in total. The highest BCUT2D eigenvalue weighted by Crippen LogP contribution is 2.23. The van der Waals surface area contributed by atoms with Crippen LogP contribution in [0, 0.1) is 11.6 Å². The summed E-state index contributed by atoms with van der Waals surface area (Å²) in [5.41, 5.74) is 0. The van der Waals surface area contributed by atoms with Gasteiger partial charge in [-0.25, -0.2) is 17.2 Å². The Morgan fingerprint density at radius 2 is 1.72 bits per heavy atom. The molecule has 2 aromatic rings. The van der Waals surface area contributed by atoms with E-state index in [0.717, 1.165) is 22.5 Å². The van der Waals surface area contributed by atoms with E-state index >= 15 is 0 Å². The number of sulfonamides is 1. The molecule has 7 nitrogen and oxygen atoms in total. The van der Waals surface area contributed by atoms with Crippen molar-refractivity contribution in [3.8, 4) is 0 Å². The molecular formula is C15H16F2N4O3S. The summed E-state index contributed by atoms with van der Waals surface area (Å²) in [4.78, 5) is 12.7. The molecule has 1 amide bonds. The van der Waals surface area contributed by atoms with Crippen LogP contribution in [0.2, 0.25) is 0 Å². The molecule has 0 aliphatic carbocycles.